The molecule has 1 aliphatic rings. The van der Waals surface area contributed by atoms with Crippen LogP contribution < -0.4 is 4.90 Å². The van der Waals surface area contributed by atoms with Crippen molar-refractivity contribution in [2.45, 2.75) is 18.4 Å². The van der Waals surface area contributed by atoms with E-state index < -0.39 is 0 Å². The van der Waals surface area contributed by atoms with Crippen molar-refractivity contribution in [3.63, 3.8) is 0 Å². The van der Waals surface area contributed by atoms with Gasteiger partial charge in [-0.1, -0.05) is 46.3 Å². The Hall–Kier alpha value is -1.79. The summed E-state index contributed by atoms with van der Waals surface area (Å²) in [5, 5.41) is 10.1. The molecule has 3 rings (SSSR count). The lowest BCUT2D eigenvalue weighted by Crippen LogP contribution is -2.15. The number of nitrogens with zero attached hydrogens (tertiary/aromatic N) is 2. The number of halogens is 1. The molecule has 1 heterocycles. The standard InChI is InChI=1S/C16H13BrN2/c17-8-12-5-6-16(15(7-12)9-18)19-10-13-3-1-2-4-14(13)11-19/h1-7H,8,10-11H2. The van der Waals surface area contributed by atoms with Crippen molar-refractivity contribution in [1.82, 2.24) is 0 Å². The molecule has 0 unspecified atom stereocenters. The summed E-state index contributed by atoms with van der Waals surface area (Å²) in [6.07, 6.45) is 0. The molecule has 0 amide bonds. The van der Waals surface area contributed by atoms with Gasteiger partial charge in [-0.15, -0.1) is 0 Å². The van der Waals surface area contributed by atoms with Crippen LogP contribution in [-0.4, -0.2) is 0 Å². The third kappa shape index (κ3) is 2.24. The van der Waals surface area contributed by atoms with Gasteiger partial charge in [-0.05, 0) is 28.8 Å². The topological polar surface area (TPSA) is 27.0 Å². The van der Waals surface area contributed by atoms with Gasteiger partial charge in [0, 0.05) is 18.4 Å². The lowest BCUT2D eigenvalue weighted by atomic mass is 10.1. The van der Waals surface area contributed by atoms with Gasteiger partial charge in [0.2, 0.25) is 0 Å². The highest BCUT2D eigenvalue weighted by Crippen LogP contribution is 2.31. The van der Waals surface area contributed by atoms with Crippen LogP contribution in [-0.2, 0) is 18.4 Å². The van der Waals surface area contributed by atoms with E-state index in [-0.39, 0.29) is 0 Å². The number of nitriles is 1. The Morgan fingerprint density at radius 3 is 2.37 bits per heavy atom. The van der Waals surface area contributed by atoms with Crippen molar-refractivity contribution in [2.24, 2.45) is 0 Å². The molecule has 0 fully saturated rings. The Morgan fingerprint density at radius 2 is 1.79 bits per heavy atom. The highest BCUT2D eigenvalue weighted by Gasteiger charge is 2.20. The molecule has 2 nitrogen and oxygen atoms in total. The van der Waals surface area contributed by atoms with E-state index in [2.05, 4.69) is 63.3 Å². The van der Waals surface area contributed by atoms with Crippen molar-refractivity contribution >= 4 is 21.6 Å². The van der Waals surface area contributed by atoms with Gasteiger partial charge in [0.05, 0.1) is 11.3 Å². The van der Waals surface area contributed by atoms with Gasteiger partial charge in [0.15, 0.2) is 0 Å². The maximum absolute atomic E-state index is 9.32. The first-order chi connectivity index (χ1) is 9.31. The van der Waals surface area contributed by atoms with E-state index in [1.807, 2.05) is 6.07 Å². The average molecular weight is 313 g/mol. The summed E-state index contributed by atoms with van der Waals surface area (Å²) in [5.41, 5.74) is 5.64. The van der Waals surface area contributed by atoms with Crippen molar-refractivity contribution in [3.8, 4) is 6.07 Å². The molecule has 3 heteroatoms. The van der Waals surface area contributed by atoms with Crippen molar-refractivity contribution in [1.29, 1.82) is 5.26 Å². The van der Waals surface area contributed by atoms with E-state index in [1.165, 1.54) is 11.1 Å². The van der Waals surface area contributed by atoms with Crippen molar-refractivity contribution in [2.75, 3.05) is 4.90 Å². The molecule has 19 heavy (non-hydrogen) atoms. The van der Waals surface area contributed by atoms with Crippen LogP contribution in [0.2, 0.25) is 0 Å². The summed E-state index contributed by atoms with van der Waals surface area (Å²) in [6.45, 7) is 1.77. The normalized spacial score (nSPS) is 13.2. The molecule has 0 saturated carbocycles. The molecule has 0 spiro atoms. The van der Waals surface area contributed by atoms with Gasteiger partial charge in [-0.2, -0.15) is 5.26 Å². The largest absolute Gasteiger partial charge is 0.362 e. The smallest absolute Gasteiger partial charge is 0.101 e. The molecule has 0 bridgehead atoms. The maximum atomic E-state index is 9.32. The first-order valence-electron chi connectivity index (χ1n) is 6.22. The molecule has 1 aliphatic heterocycles. The minimum absolute atomic E-state index is 0.754. The van der Waals surface area contributed by atoms with E-state index >= 15 is 0 Å². The van der Waals surface area contributed by atoms with Crippen LogP contribution in [0.15, 0.2) is 42.5 Å². The van der Waals surface area contributed by atoms with Gasteiger partial charge in [0.25, 0.3) is 0 Å². The van der Waals surface area contributed by atoms with Crippen molar-refractivity contribution in [3.05, 3.63) is 64.7 Å². The predicted molar refractivity (Wildman–Crippen MR) is 80.1 cm³/mol. The Kier molecular flexibility index (Phi) is 3.27. The lowest BCUT2D eigenvalue weighted by molar-refractivity contribution is 0.878. The minimum atomic E-state index is 0.754. The minimum Gasteiger partial charge on any atom is -0.362 e. The zero-order chi connectivity index (χ0) is 13.2. The van der Waals surface area contributed by atoms with Crippen LogP contribution in [0.25, 0.3) is 0 Å². The number of alkyl halides is 1. The summed E-state index contributed by atoms with van der Waals surface area (Å²) in [7, 11) is 0. The van der Waals surface area contributed by atoms with E-state index in [9.17, 15) is 5.26 Å². The zero-order valence-electron chi connectivity index (χ0n) is 10.4. The van der Waals surface area contributed by atoms with E-state index in [0.717, 1.165) is 35.2 Å². The van der Waals surface area contributed by atoms with Crippen LogP contribution >= 0.6 is 15.9 Å². The second-order valence-corrected chi connectivity index (χ2v) is 5.28. The molecule has 0 atom stereocenters. The molecule has 0 radical (unpaired) electrons. The SMILES string of the molecule is N#Cc1cc(CBr)ccc1N1Cc2ccccc2C1. The monoisotopic (exact) mass is 312 g/mol. The maximum Gasteiger partial charge on any atom is 0.101 e. The molecule has 0 aromatic heterocycles. The second-order valence-electron chi connectivity index (χ2n) is 4.72. The molecule has 0 saturated heterocycles. The molecule has 0 N–H and O–H groups in total. The highest BCUT2D eigenvalue weighted by atomic mass is 79.9. The van der Waals surface area contributed by atoms with Crippen LogP contribution in [0.5, 0.6) is 0 Å². The number of rotatable bonds is 2. The quantitative estimate of drug-likeness (QED) is 0.784. The van der Waals surface area contributed by atoms with Crippen LogP contribution in [0.4, 0.5) is 5.69 Å². The Balaban J connectivity index is 1.95. The summed E-state index contributed by atoms with van der Waals surface area (Å²) in [6, 6.07) is 16.9. The Morgan fingerprint density at radius 1 is 1.11 bits per heavy atom. The van der Waals surface area contributed by atoms with Gasteiger partial charge < -0.3 is 4.90 Å². The first-order valence-corrected chi connectivity index (χ1v) is 7.34. The molecular formula is C16H13BrN2. The van der Waals surface area contributed by atoms with E-state index in [0.29, 0.717) is 0 Å². The van der Waals surface area contributed by atoms with Gasteiger partial charge in [-0.25, -0.2) is 0 Å². The lowest BCUT2D eigenvalue weighted by Gasteiger charge is -2.19. The summed E-state index contributed by atoms with van der Waals surface area (Å²) >= 11 is 3.43. The number of hydrogen-bond acceptors (Lipinski definition) is 2. The number of fused-ring (bicyclic) bond motifs is 1. The second kappa shape index (κ2) is 5.07. The summed E-state index contributed by atoms with van der Waals surface area (Å²) in [5.74, 6) is 0. The number of anilines is 1. The molecule has 2 aromatic carbocycles. The fourth-order valence-corrected chi connectivity index (χ4v) is 2.88. The third-order valence-electron chi connectivity index (χ3n) is 3.52. The van der Waals surface area contributed by atoms with Gasteiger partial charge in [0.1, 0.15) is 6.07 Å². The fraction of sp³-hybridized carbons (Fsp3) is 0.188. The van der Waals surface area contributed by atoms with Gasteiger partial charge in [-0.3, -0.25) is 0 Å². The molecular weight excluding hydrogens is 300 g/mol. The third-order valence-corrected chi connectivity index (χ3v) is 4.16. The first kappa shape index (κ1) is 12.3. The fourth-order valence-electron chi connectivity index (χ4n) is 2.54. The van der Waals surface area contributed by atoms with Crippen LogP contribution in [0, 0.1) is 11.3 Å². The molecule has 0 aliphatic carbocycles. The Labute approximate surface area is 121 Å². The average Bonchev–Trinajstić information content (AvgIpc) is 2.90. The Bertz CT molecular complexity index is 633. The van der Waals surface area contributed by atoms with Crippen LogP contribution in [0.1, 0.15) is 22.3 Å². The summed E-state index contributed by atoms with van der Waals surface area (Å²) < 4.78 is 0. The van der Waals surface area contributed by atoms with E-state index in [1.54, 1.807) is 0 Å². The van der Waals surface area contributed by atoms with Crippen LogP contribution in [0.3, 0.4) is 0 Å². The van der Waals surface area contributed by atoms with Crippen molar-refractivity contribution < 1.29 is 0 Å². The predicted octanol–water partition coefficient (Wildman–Crippen LogP) is 3.97. The molecule has 94 valence electrons. The molecule has 2 aromatic rings. The number of benzene rings is 2. The van der Waals surface area contributed by atoms with Gasteiger partial charge >= 0.3 is 0 Å². The number of hydrogen-bond donors (Lipinski definition) is 0. The highest BCUT2D eigenvalue weighted by molar-refractivity contribution is 9.08. The zero-order valence-corrected chi connectivity index (χ0v) is 12.0. The van der Waals surface area contributed by atoms with E-state index in [4.69, 9.17) is 0 Å². The summed E-state index contributed by atoms with van der Waals surface area (Å²) in [4.78, 5) is 2.27.